The third-order valence-corrected chi connectivity index (χ3v) is 6.31. The summed E-state index contributed by atoms with van der Waals surface area (Å²) in [6.45, 7) is 2.61. The minimum Gasteiger partial charge on any atom is -0.351 e. The van der Waals surface area contributed by atoms with Crippen LogP contribution in [-0.2, 0) is 0 Å². The third kappa shape index (κ3) is 5.92. The molecule has 1 unspecified atom stereocenters. The van der Waals surface area contributed by atoms with Crippen molar-refractivity contribution in [2.45, 2.75) is 22.8 Å². The average Bonchev–Trinajstić information content (AvgIpc) is 2.85. The first kappa shape index (κ1) is 22.8. The summed E-state index contributed by atoms with van der Waals surface area (Å²) in [7, 11) is 0. The SMILES string of the molecule is CC(CNC(=O)c1ccc(-n2nc(Sc3ccc(Cl)cc3)ccc2=O)cc1)c1ccccc1. The molecule has 5 nitrogen and oxygen atoms in total. The van der Waals surface area contributed by atoms with Gasteiger partial charge in [-0.2, -0.15) is 9.78 Å². The zero-order valence-corrected chi connectivity index (χ0v) is 19.5. The van der Waals surface area contributed by atoms with E-state index in [0.29, 0.717) is 27.8 Å². The van der Waals surface area contributed by atoms with Crippen molar-refractivity contribution in [3.05, 3.63) is 117 Å². The van der Waals surface area contributed by atoms with Crippen LogP contribution in [0.3, 0.4) is 0 Å². The molecule has 0 fully saturated rings. The Balaban J connectivity index is 1.44. The molecule has 3 aromatic carbocycles. The Kier molecular flexibility index (Phi) is 7.27. The zero-order valence-electron chi connectivity index (χ0n) is 17.9. The highest BCUT2D eigenvalue weighted by Gasteiger charge is 2.11. The number of nitrogens with zero attached hydrogens (tertiary/aromatic N) is 2. The van der Waals surface area contributed by atoms with Crippen LogP contribution in [0, 0.1) is 0 Å². The summed E-state index contributed by atoms with van der Waals surface area (Å²) in [5.41, 5.74) is 2.05. The number of hydrogen-bond acceptors (Lipinski definition) is 4. The van der Waals surface area contributed by atoms with Gasteiger partial charge < -0.3 is 5.32 Å². The Morgan fingerprint density at radius 3 is 2.36 bits per heavy atom. The van der Waals surface area contributed by atoms with Gasteiger partial charge in [-0.05, 0) is 66.1 Å². The van der Waals surface area contributed by atoms with Gasteiger partial charge in [0.1, 0.15) is 5.03 Å². The molecular weight excluding hydrogens is 454 g/mol. The lowest BCUT2D eigenvalue weighted by molar-refractivity contribution is 0.0951. The fraction of sp³-hybridized carbons (Fsp3) is 0.115. The van der Waals surface area contributed by atoms with Gasteiger partial charge in [-0.15, -0.1) is 0 Å². The number of benzene rings is 3. The first-order chi connectivity index (χ1) is 16.0. The molecule has 1 aromatic heterocycles. The number of rotatable bonds is 7. The first-order valence-corrected chi connectivity index (χ1v) is 11.7. The summed E-state index contributed by atoms with van der Waals surface area (Å²) in [6, 6.07) is 27.5. The minimum atomic E-state index is -0.246. The van der Waals surface area contributed by atoms with Crippen LogP contribution in [0.1, 0.15) is 28.8 Å². The van der Waals surface area contributed by atoms with Crippen LogP contribution in [0.5, 0.6) is 0 Å². The highest BCUT2D eigenvalue weighted by molar-refractivity contribution is 7.99. The quantitative estimate of drug-likeness (QED) is 0.379. The van der Waals surface area contributed by atoms with Gasteiger partial charge in [0.25, 0.3) is 11.5 Å². The molecule has 0 bridgehead atoms. The molecule has 0 aliphatic rings. The van der Waals surface area contributed by atoms with E-state index in [9.17, 15) is 9.59 Å². The Morgan fingerprint density at radius 2 is 1.67 bits per heavy atom. The van der Waals surface area contributed by atoms with Crippen LogP contribution in [0.15, 0.2) is 106 Å². The van der Waals surface area contributed by atoms with E-state index in [1.807, 2.05) is 42.5 Å². The Bertz CT molecular complexity index is 1290. The molecule has 166 valence electrons. The molecular formula is C26H22ClN3O2S. The predicted octanol–water partition coefficient (Wildman–Crippen LogP) is 5.57. The molecule has 0 saturated heterocycles. The number of nitrogens with one attached hydrogen (secondary N) is 1. The van der Waals surface area contributed by atoms with Crippen LogP contribution in [-0.4, -0.2) is 22.2 Å². The largest absolute Gasteiger partial charge is 0.351 e. The van der Waals surface area contributed by atoms with E-state index in [1.165, 1.54) is 28.1 Å². The van der Waals surface area contributed by atoms with Crippen molar-refractivity contribution in [2.75, 3.05) is 6.54 Å². The lowest BCUT2D eigenvalue weighted by Gasteiger charge is -2.13. The summed E-state index contributed by atoms with van der Waals surface area (Å²) >= 11 is 7.38. The fourth-order valence-corrected chi connectivity index (χ4v) is 4.16. The molecule has 0 aliphatic carbocycles. The average molecular weight is 476 g/mol. The maximum atomic E-state index is 12.6. The van der Waals surface area contributed by atoms with Crippen molar-refractivity contribution in [3.8, 4) is 5.69 Å². The number of aromatic nitrogens is 2. The van der Waals surface area contributed by atoms with Gasteiger partial charge in [-0.1, -0.05) is 60.6 Å². The minimum absolute atomic E-state index is 0.156. The van der Waals surface area contributed by atoms with Crippen LogP contribution < -0.4 is 10.9 Å². The second-order valence-electron chi connectivity index (χ2n) is 7.55. The molecule has 0 saturated carbocycles. The normalized spacial score (nSPS) is 11.7. The highest BCUT2D eigenvalue weighted by atomic mass is 35.5. The van der Waals surface area contributed by atoms with E-state index in [4.69, 9.17) is 11.6 Å². The highest BCUT2D eigenvalue weighted by Crippen LogP contribution is 2.26. The number of amides is 1. The molecule has 1 amide bonds. The maximum absolute atomic E-state index is 12.6. The van der Waals surface area contributed by atoms with Gasteiger partial charge in [-0.25, -0.2) is 0 Å². The van der Waals surface area contributed by atoms with Crippen LogP contribution in [0.2, 0.25) is 5.02 Å². The lowest BCUT2D eigenvalue weighted by atomic mass is 10.0. The second-order valence-corrected chi connectivity index (χ2v) is 9.08. The maximum Gasteiger partial charge on any atom is 0.271 e. The van der Waals surface area contributed by atoms with Gasteiger partial charge >= 0.3 is 0 Å². The van der Waals surface area contributed by atoms with Crippen LogP contribution >= 0.6 is 23.4 Å². The summed E-state index contributed by atoms with van der Waals surface area (Å²) in [5, 5.41) is 8.77. The zero-order chi connectivity index (χ0) is 23.2. The summed E-state index contributed by atoms with van der Waals surface area (Å²) < 4.78 is 1.33. The molecule has 0 aliphatic heterocycles. The standard InChI is InChI=1S/C26H22ClN3O2S/c1-18(19-5-3-2-4-6-19)17-28-26(32)20-7-11-22(12-8-20)30-25(31)16-15-24(29-30)33-23-13-9-21(27)10-14-23/h2-16,18H,17H2,1H3,(H,28,32). The molecule has 0 radical (unpaired) electrons. The van der Waals surface area contributed by atoms with E-state index in [0.717, 1.165) is 4.90 Å². The van der Waals surface area contributed by atoms with Crippen LogP contribution in [0.4, 0.5) is 0 Å². The summed E-state index contributed by atoms with van der Waals surface area (Å²) in [4.78, 5) is 25.9. The smallest absolute Gasteiger partial charge is 0.271 e. The van der Waals surface area contributed by atoms with Gasteiger partial charge in [0.05, 0.1) is 5.69 Å². The molecule has 33 heavy (non-hydrogen) atoms. The molecule has 1 heterocycles. The molecule has 0 spiro atoms. The number of halogens is 1. The van der Waals surface area contributed by atoms with Gasteiger partial charge in [0.15, 0.2) is 0 Å². The van der Waals surface area contributed by atoms with E-state index in [1.54, 1.807) is 30.3 Å². The van der Waals surface area contributed by atoms with Gasteiger partial charge in [0, 0.05) is 28.1 Å². The Labute approximate surface area is 201 Å². The third-order valence-electron chi connectivity index (χ3n) is 5.12. The number of carbonyl (C=O) groups excluding carboxylic acids is 1. The van der Waals surface area contributed by atoms with Crippen LogP contribution in [0.25, 0.3) is 5.69 Å². The van der Waals surface area contributed by atoms with Crippen molar-refractivity contribution in [1.29, 1.82) is 0 Å². The number of carbonyl (C=O) groups is 1. The predicted molar refractivity (Wildman–Crippen MR) is 133 cm³/mol. The molecule has 4 aromatic rings. The fourth-order valence-electron chi connectivity index (χ4n) is 3.26. The summed E-state index contributed by atoms with van der Waals surface area (Å²) in [6.07, 6.45) is 0. The summed E-state index contributed by atoms with van der Waals surface area (Å²) in [5.74, 6) is 0.0507. The van der Waals surface area contributed by atoms with Gasteiger partial charge in [0.2, 0.25) is 0 Å². The molecule has 1 atom stereocenters. The van der Waals surface area contributed by atoms with Crippen molar-refractivity contribution in [1.82, 2.24) is 15.1 Å². The Hall–Kier alpha value is -3.35. The molecule has 4 rings (SSSR count). The Morgan fingerprint density at radius 1 is 0.970 bits per heavy atom. The molecule has 7 heteroatoms. The number of hydrogen-bond donors (Lipinski definition) is 1. The van der Waals surface area contributed by atoms with Crippen molar-refractivity contribution >= 4 is 29.3 Å². The van der Waals surface area contributed by atoms with Crippen molar-refractivity contribution in [2.24, 2.45) is 0 Å². The van der Waals surface area contributed by atoms with Crippen molar-refractivity contribution in [3.63, 3.8) is 0 Å². The topological polar surface area (TPSA) is 64.0 Å². The lowest BCUT2D eigenvalue weighted by Crippen LogP contribution is -2.27. The van der Waals surface area contributed by atoms with Gasteiger partial charge in [-0.3, -0.25) is 9.59 Å². The van der Waals surface area contributed by atoms with E-state index < -0.39 is 0 Å². The van der Waals surface area contributed by atoms with Crippen molar-refractivity contribution < 1.29 is 4.79 Å². The van der Waals surface area contributed by atoms with E-state index in [-0.39, 0.29) is 17.4 Å². The molecule has 1 N–H and O–H groups in total. The monoisotopic (exact) mass is 475 g/mol. The van der Waals surface area contributed by atoms with E-state index >= 15 is 0 Å². The second kappa shape index (κ2) is 10.5. The first-order valence-electron chi connectivity index (χ1n) is 10.5. The van der Waals surface area contributed by atoms with E-state index in [2.05, 4.69) is 29.5 Å².